The summed E-state index contributed by atoms with van der Waals surface area (Å²) in [6.07, 6.45) is 0. The third-order valence-corrected chi connectivity index (χ3v) is 1.90. The van der Waals surface area contributed by atoms with E-state index in [4.69, 9.17) is 4.74 Å². The first-order valence-corrected chi connectivity index (χ1v) is 4.37. The molecule has 1 saturated heterocycles. The van der Waals surface area contributed by atoms with Gasteiger partial charge in [-0.25, -0.2) is 5.32 Å². The minimum absolute atomic E-state index is 0.832. The molecule has 65 valence electrons. The molecule has 0 aromatic heterocycles. The van der Waals surface area contributed by atoms with Gasteiger partial charge in [-0.2, -0.15) is 0 Å². The van der Waals surface area contributed by atoms with Gasteiger partial charge in [0.05, 0.1) is 6.61 Å². The van der Waals surface area contributed by atoms with E-state index < -0.39 is 0 Å². The van der Waals surface area contributed by atoms with Crippen LogP contribution in [0, 0.1) is 0 Å². The third-order valence-electron chi connectivity index (χ3n) is 1.90. The van der Waals surface area contributed by atoms with Crippen LogP contribution >= 0.6 is 0 Å². The van der Waals surface area contributed by atoms with Crippen molar-refractivity contribution in [2.75, 3.05) is 45.9 Å². The maximum absolute atomic E-state index is 5.26. The number of nitrogens with zero attached hydrogens (tertiary/aromatic N) is 2. The minimum atomic E-state index is 0.832. The topological polar surface area (TPSA) is 26.6 Å². The molecule has 1 aliphatic rings. The van der Waals surface area contributed by atoms with Crippen molar-refractivity contribution in [1.29, 1.82) is 0 Å². The molecular weight excluding hydrogens is 140 g/mol. The summed E-state index contributed by atoms with van der Waals surface area (Å²) >= 11 is 0. The van der Waals surface area contributed by atoms with Crippen LogP contribution in [0.1, 0.15) is 6.92 Å². The average Bonchev–Trinajstić information content (AvgIpc) is 2.07. The number of hydrogen-bond acceptors (Lipinski definition) is 2. The first kappa shape index (κ1) is 8.97. The zero-order chi connectivity index (χ0) is 7.94. The molecule has 1 radical (unpaired) electrons. The Morgan fingerprint density at radius 3 is 2.73 bits per heavy atom. The maximum Gasteiger partial charge on any atom is 0.0593 e. The first-order valence-electron chi connectivity index (χ1n) is 4.37. The monoisotopic (exact) mass is 157 g/mol. The van der Waals surface area contributed by atoms with Gasteiger partial charge < -0.3 is 4.74 Å². The van der Waals surface area contributed by atoms with E-state index in [0.29, 0.717) is 0 Å². The Bertz CT molecular complexity index is 92.1. The van der Waals surface area contributed by atoms with Gasteiger partial charge in [0.2, 0.25) is 0 Å². The molecule has 0 bridgehead atoms. The van der Waals surface area contributed by atoms with Gasteiger partial charge in [-0.15, -0.1) is 0 Å². The molecule has 0 N–H and O–H groups in total. The fourth-order valence-electron chi connectivity index (χ4n) is 1.21. The number of ether oxygens (including phenoxy) is 1. The van der Waals surface area contributed by atoms with Crippen molar-refractivity contribution in [3.63, 3.8) is 0 Å². The van der Waals surface area contributed by atoms with E-state index in [1.54, 1.807) is 0 Å². The summed E-state index contributed by atoms with van der Waals surface area (Å²) in [5.41, 5.74) is 0. The Hall–Kier alpha value is -0.120. The van der Waals surface area contributed by atoms with Gasteiger partial charge >= 0.3 is 0 Å². The zero-order valence-electron chi connectivity index (χ0n) is 7.25. The zero-order valence-corrected chi connectivity index (χ0v) is 7.25. The summed E-state index contributed by atoms with van der Waals surface area (Å²) < 4.78 is 5.26. The molecule has 1 rings (SSSR count). The molecular formula is C8H17N2O. The summed E-state index contributed by atoms with van der Waals surface area (Å²) in [6, 6.07) is 0. The van der Waals surface area contributed by atoms with Crippen molar-refractivity contribution in [2.45, 2.75) is 6.92 Å². The fourth-order valence-corrected chi connectivity index (χ4v) is 1.21. The van der Waals surface area contributed by atoms with Crippen molar-refractivity contribution in [3.05, 3.63) is 0 Å². The molecule has 0 saturated carbocycles. The highest BCUT2D eigenvalue weighted by atomic mass is 16.5. The highest BCUT2D eigenvalue weighted by molar-refractivity contribution is 4.66. The minimum Gasteiger partial charge on any atom is -0.380 e. The second kappa shape index (κ2) is 5.52. The predicted molar refractivity (Wildman–Crippen MR) is 44.8 cm³/mol. The van der Waals surface area contributed by atoms with E-state index in [9.17, 15) is 0 Å². The highest BCUT2D eigenvalue weighted by Crippen LogP contribution is 1.92. The molecule has 0 unspecified atom stereocenters. The second-order valence-corrected chi connectivity index (χ2v) is 2.71. The van der Waals surface area contributed by atoms with E-state index in [0.717, 1.165) is 45.9 Å². The van der Waals surface area contributed by atoms with E-state index in [-0.39, 0.29) is 0 Å². The van der Waals surface area contributed by atoms with Crippen LogP contribution in [0.4, 0.5) is 0 Å². The summed E-state index contributed by atoms with van der Waals surface area (Å²) in [4.78, 5) is 2.41. The fraction of sp³-hybridized carbons (Fsp3) is 1.00. The molecule has 1 heterocycles. The lowest BCUT2D eigenvalue weighted by atomic mass is 10.4. The molecule has 3 nitrogen and oxygen atoms in total. The predicted octanol–water partition coefficient (Wildman–Crippen LogP) is -0.0571. The van der Waals surface area contributed by atoms with E-state index >= 15 is 0 Å². The second-order valence-electron chi connectivity index (χ2n) is 2.71. The van der Waals surface area contributed by atoms with Crippen molar-refractivity contribution >= 4 is 0 Å². The highest BCUT2D eigenvalue weighted by Gasteiger charge is 2.08. The molecule has 0 spiro atoms. The summed E-state index contributed by atoms with van der Waals surface area (Å²) in [6.45, 7) is 9.06. The van der Waals surface area contributed by atoms with Gasteiger partial charge in [0.15, 0.2) is 0 Å². The van der Waals surface area contributed by atoms with Crippen LogP contribution in [0.3, 0.4) is 0 Å². The number of piperazine rings is 1. The van der Waals surface area contributed by atoms with E-state index in [1.807, 2.05) is 6.92 Å². The van der Waals surface area contributed by atoms with Gasteiger partial charge in [0.25, 0.3) is 0 Å². The van der Waals surface area contributed by atoms with E-state index in [2.05, 4.69) is 10.2 Å². The quantitative estimate of drug-likeness (QED) is 0.535. The average molecular weight is 157 g/mol. The maximum atomic E-state index is 5.26. The summed E-state index contributed by atoms with van der Waals surface area (Å²) in [5, 5.41) is 4.27. The van der Waals surface area contributed by atoms with Crippen LogP contribution in [0.2, 0.25) is 0 Å². The first-order chi connectivity index (χ1) is 5.43. The van der Waals surface area contributed by atoms with Crippen LogP contribution < -0.4 is 5.32 Å². The Labute approximate surface area is 68.7 Å². The molecule has 0 atom stereocenters. The molecule has 0 aliphatic carbocycles. The molecule has 0 aromatic carbocycles. The third kappa shape index (κ3) is 3.70. The normalized spacial score (nSPS) is 20.5. The lowest BCUT2D eigenvalue weighted by Crippen LogP contribution is -2.41. The van der Waals surface area contributed by atoms with Crippen LogP contribution in [0.5, 0.6) is 0 Å². The SMILES string of the molecule is CCOCCN1CC[N]CC1. The number of hydrogen-bond donors (Lipinski definition) is 0. The molecule has 0 amide bonds. The molecule has 3 heteroatoms. The van der Waals surface area contributed by atoms with Crippen LogP contribution in [-0.4, -0.2) is 50.8 Å². The smallest absolute Gasteiger partial charge is 0.0593 e. The Balaban J connectivity index is 1.96. The Morgan fingerprint density at radius 2 is 2.09 bits per heavy atom. The van der Waals surface area contributed by atoms with Crippen molar-refractivity contribution in [1.82, 2.24) is 10.2 Å². The van der Waals surface area contributed by atoms with Gasteiger partial charge in [-0.05, 0) is 6.92 Å². The Morgan fingerprint density at radius 1 is 1.36 bits per heavy atom. The summed E-state index contributed by atoms with van der Waals surface area (Å²) in [7, 11) is 0. The van der Waals surface area contributed by atoms with Gasteiger partial charge in [0.1, 0.15) is 0 Å². The van der Waals surface area contributed by atoms with Crippen LogP contribution in [0.15, 0.2) is 0 Å². The number of rotatable bonds is 4. The summed E-state index contributed by atoms with van der Waals surface area (Å²) in [5.74, 6) is 0. The van der Waals surface area contributed by atoms with Crippen LogP contribution in [-0.2, 0) is 4.74 Å². The van der Waals surface area contributed by atoms with Gasteiger partial charge in [-0.3, -0.25) is 4.90 Å². The molecule has 1 aliphatic heterocycles. The largest absolute Gasteiger partial charge is 0.380 e. The molecule has 0 aromatic rings. The molecule has 11 heavy (non-hydrogen) atoms. The van der Waals surface area contributed by atoms with Crippen molar-refractivity contribution < 1.29 is 4.74 Å². The van der Waals surface area contributed by atoms with Gasteiger partial charge in [-0.1, -0.05) is 0 Å². The standard InChI is InChI=1S/C8H17N2O/c1-2-11-8-7-10-5-3-9-4-6-10/h2-8H2,1H3. The van der Waals surface area contributed by atoms with Crippen molar-refractivity contribution in [2.24, 2.45) is 0 Å². The van der Waals surface area contributed by atoms with Crippen molar-refractivity contribution in [3.8, 4) is 0 Å². The molecule has 1 fully saturated rings. The lowest BCUT2D eigenvalue weighted by molar-refractivity contribution is 0.108. The van der Waals surface area contributed by atoms with Crippen LogP contribution in [0.25, 0.3) is 0 Å². The van der Waals surface area contributed by atoms with Gasteiger partial charge in [0, 0.05) is 39.3 Å². The lowest BCUT2D eigenvalue weighted by Gasteiger charge is -2.25. The van der Waals surface area contributed by atoms with E-state index in [1.165, 1.54) is 0 Å². The Kier molecular flexibility index (Phi) is 4.50.